The highest BCUT2D eigenvalue weighted by Gasteiger charge is 2.29. The summed E-state index contributed by atoms with van der Waals surface area (Å²) in [6.07, 6.45) is 1.17. The van der Waals surface area contributed by atoms with Crippen molar-refractivity contribution in [3.63, 3.8) is 0 Å². The second-order valence-electron chi connectivity index (χ2n) is 1.92. The summed E-state index contributed by atoms with van der Waals surface area (Å²) in [7, 11) is 2.82. The Hall–Kier alpha value is -0.670. The second-order valence-corrected chi connectivity index (χ2v) is 1.92. The molecular formula is C7H12O3. The summed E-state index contributed by atoms with van der Waals surface area (Å²) in [6.45, 7) is 4.85. The van der Waals surface area contributed by atoms with Crippen LogP contribution in [0.3, 0.4) is 0 Å². The fraction of sp³-hybridized carbons (Fsp3) is 0.571. The summed E-state index contributed by atoms with van der Waals surface area (Å²) in [5.41, 5.74) is 0. The molecule has 0 unspecified atom stereocenters. The smallest absolute Gasteiger partial charge is 0.229 e. The van der Waals surface area contributed by atoms with E-state index >= 15 is 0 Å². The molecule has 10 heavy (non-hydrogen) atoms. The topological polar surface area (TPSA) is 35.5 Å². The summed E-state index contributed by atoms with van der Waals surface area (Å²) < 4.78 is 9.59. The van der Waals surface area contributed by atoms with Gasteiger partial charge in [0.2, 0.25) is 11.6 Å². The predicted molar refractivity (Wildman–Crippen MR) is 37.6 cm³/mol. The molecule has 0 bridgehead atoms. The highest BCUT2D eigenvalue weighted by atomic mass is 16.7. The summed E-state index contributed by atoms with van der Waals surface area (Å²) in [5, 5.41) is 0. The Morgan fingerprint density at radius 1 is 1.50 bits per heavy atom. The summed E-state index contributed by atoms with van der Waals surface area (Å²) in [6, 6.07) is 0. The van der Waals surface area contributed by atoms with E-state index in [1.54, 1.807) is 0 Å². The van der Waals surface area contributed by atoms with E-state index in [2.05, 4.69) is 6.58 Å². The number of ether oxygens (including phenoxy) is 2. The first-order chi connectivity index (χ1) is 4.60. The van der Waals surface area contributed by atoms with Gasteiger partial charge in [-0.15, -0.1) is 0 Å². The molecule has 0 amide bonds. The van der Waals surface area contributed by atoms with Crippen LogP contribution in [0, 0.1) is 0 Å². The summed E-state index contributed by atoms with van der Waals surface area (Å²) in [5.74, 6) is -1.45. The lowest BCUT2D eigenvalue weighted by atomic mass is 10.2. The lowest BCUT2D eigenvalue weighted by Gasteiger charge is -2.22. The van der Waals surface area contributed by atoms with Crippen LogP contribution in [0.25, 0.3) is 0 Å². The molecule has 0 rings (SSSR count). The molecule has 0 aliphatic heterocycles. The molecule has 0 saturated heterocycles. The SMILES string of the molecule is C=CC(=O)C(C)(OC)OC. The number of rotatable bonds is 4. The van der Waals surface area contributed by atoms with Gasteiger partial charge in [-0.1, -0.05) is 6.58 Å². The van der Waals surface area contributed by atoms with Gasteiger partial charge in [-0.3, -0.25) is 4.79 Å². The molecule has 0 aliphatic rings. The van der Waals surface area contributed by atoms with Crippen molar-refractivity contribution < 1.29 is 14.3 Å². The Morgan fingerprint density at radius 3 is 2.00 bits per heavy atom. The van der Waals surface area contributed by atoms with Crippen LogP contribution in [-0.4, -0.2) is 25.8 Å². The van der Waals surface area contributed by atoms with Crippen LogP contribution in [0.5, 0.6) is 0 Å². The highest BCUT2D eigenvalue weighted by Crippen LogP contribution is 2.10. The molecule has 0 fully saturated rings. The van der Waals surface area contributed by atoms with Crippen LogP contribution in [0.15, 0.2) is 12.7 Å². The van der Waals surface area contributed by atoms with Crippen LogP contribution >= 0.6 is 0 Å². The van der Waals surface area contributed by atoms with Gasteiger partial charge in [0.05, 0.1) is 0 Å². The second kappa shape index (κ2) is 3.49. The number of carbonyl (C=O) groups excluding carboxylic acids is 1. The Morgan fingerprint density at radius 2 is 1.90 bits per heavy atom. The molecule has 58 valence electrons. The number of hydrogen-bond donors (Lipinski definition) is 0. The first-order valence-electron chi connectivity index (χ1n) is 2.88. The summed E-state index contributed by atoms with van der Waals surface area (Å²) in [4.78, 5) is 10.9. The number of methoxy groups -OCH3 is 2. The number of carbonyl (C=O) groups is 1. The predicted octanol–water partition coefficient (Wildman–Crippen LogP) is 0.750. The normalized spacial score (nSPS) is 11.1. The summed E-state index contributed by atoms with van der Waals surface area (Å²) >= 11 is 0. The number of hydrogen-bond acceptors (Lipinski definition) is 3. The van der Waals surface area contributed by atoms with Gasteiger partial charge in [-0.05, 0) is 13.0 Å². The molecular weight excluding hydrogens is 132 g/mol. The fourth-order valence-corrected chi connectivity index (χ4v) is 0.470. The monoisotopic (exact) mass is 144 g/mol. The van der Waals surface area contributed by atoms with Gasteiger partial charge in [0, 0.05) is 14.2 Å². The molecule has 0 heterocycles. The molecule has 0 saturated carbocycles. The van der Waals surface area contributed by atoms with Crippen LogP contribution in [-0.2, 0) is 14.3 Å². The van der Waals surface area contributed by atoms with Gasteiger partial charge in [0.25, 0.3) is 0 Å². The minimum absolute atomic E-state index is 0.280. The minimum Gasteiger partial charge on any atom is -0.347 e. The van der Waals surface area contributed by atoms with Gasteiger partial charge in [-0.25, -0.2) is 0 Å². The molecule has 0 spiro atoms. The zero-order chi connectivity index (χ0) is 8.20. The quantitative estimate of drug-likeness (QED) is 0.431. The Bertz CT molecular complexity index is 136. The van der Waals surface area contributed by atoms with Crippen LogP contribution in [0.4, 0.5) is 0 Å². The van der Waals surface area contributed by atoms with Crippen LogP contribution < -0.4 is 0 Å². The van der Waals surface area contributed by atoms with Gasteiger partial charge < -0.3 is 9.47 Å². The average molecular weight is 144 g/mol. The van der Waals surface area contributed by atoms with Crippen molar-refractivity contribution in [3.8, 4) is 0 Å². The third kappa shape index (κ3) is 1.65. The number of ketones is 1. The first kappa shape index (κ1) is 9.33. The van der Waals surface area contributed by atoms with Crippen molar-refractivity contribution in [3.05, 3.63) is 12.7 Å². The molecule has 0 radical (unpaired) electrons. The van der Waals surface area contributed by atoms with E-state index in [1.807, 2.05) is 0 Å². The van der Waals surface area contributed by atoms with Crippen molar-refractivity contribution in [2.75, 3.05) is 14.2 Å². The Balaban J connectivity index is 4.31. The standard InChI is InChI=1S/C7H12O3/c1-5-6(8)7(2,9-3)10-4/h5H,1H2,2-4H3. The van der Waals surface area contributed by atoms with Crippen molar-refractivity contribution in [1.82, 2.24) is 0 Å². The largest absolute Gasteiger partial charge is 0.347 e. The van der Waals surface area contributed by atoms with Gasteiger partial charge >= 0.3 is 0 Å². The van der Waals surface area contributed by atoms with Gasteiger partial charge in [0.15, 0.2) is 0 Å². The van der Waals surface area contributed by atoms with Crippen LogP contribution in [0.2, 0.25) is 0 Å². The van der Waals surface area contributed by atoms with E-state index in [9.17, 15) is 4.79 Å². The molecule has 0 aliphatic carbocycles. The lowest BCUT2D eigenvalue weighted by molar-refractivity contribution is -0.194. The van der Waals surface area contributed by atoms with E-state index in [-0.39, 0.29) is 5.78 Å². The maximum Gasteiger partial charge on any atom is 0.229 e. The van der Waals surface area contributed by atoms with Crippen molar-refractivity contribution in [2.24, 2.45) is 0 Å². The fourth-order valence-electron chi connectivity index (χ4n) is 0.470. The first-order valence-corrected chi connectivity index (χ1v) is 2.88. The molecule has 0 atom stereocenters. The molecule has 0 aromatic rings. The van der Waals surface area contributed by atoms with E-state index in [0.29, 0.717) is 0 Å². The van der Waals surface area contributed by atoms with Crippen molar-refractivity contribution in [1.29, 1.82) is 0 Å². The Kier molecular flexibility index (Phi) is 3.25. The highest BCUT2D eigenvalue weighted by molar-refractivity contribution is 5.95. The zero-order valence-electron chi connectivity index (χ0n) is 6.51. The van der Waals surface area contributed by atoms with Gasteiger partial charge in [0.1, 0.15) is 0 Å². The van der Waals surface area contributed by atoms with Crippen molar-refractivity contribution in [2.45, 2.75) is 12.7 Å². The van der Waals surface area contributed by atoms with E-state index < -0.39 is 5.79 Å². The molecule has 0 aromatic carbocycles. The van der Waals surface area contributed by atoms with Crippen molar-refractivity contribution >= 4 is 5.78 Å². The van der Waals surface area contributed by atoms with E-state index in [0.717, 1.165) is 0 Å². The maximum atomic E-state index is 10.9. The Labute approximate surface area is 60.6 Å². The molecule has 3 heteroatoms. The van der Waals surface area contributed by atoms with E-state index in [1.165, 1.54) is 27.2 Å². The van der Waals surface area contributed by atoms with E-state index in [4.69, 9.17) is 9.47 Å². The van der Waals surface area contributed by atoms with Gasteiger partial charge in [-0.2, -0.15) is 0 Å². The molecule has 3 nitrogen and oxygen atoms in total. The minimum atomic E-state index is -1.16. The third-order valence-corrected chi connectivity index (χ3v) is 1.41. The lowest BCUT2D eigenvalue weighted by Crippen LogP contribution is -2.38. The zero-order valence-corrected chi connectivity index (χ0v) is 6.51. The molecule has 0 aromatic heterocycles. The maximum absolute atomic E-state index is 10.9. The molecule has 0 N–H and O–H groups in total. The van der Waals surface area contributed by atoms with Crippen LogP contribution in [0.1, 0.15) is 6.92 Å². The third-order valence-electron chi connectivity index (χ3n) is 1.41. The average Bonchev–Trinajstić information content (AvgIpc) is 2.01.